The fraction of sp³-hybridized carbons (Fsp3) is 0.846. The van der Waals surface area contributed by atoms with Gasteiger partial charge in [-0.25, -0.2) is 4.79 Å². The fourth-order valence-corrected chi connectivity index (χ4v) is 1.26. The number of nitrogens with zero attached hydrogens (tertiary/aromatic N) is 1. The third-order valence-electron chi connectivity index (χ3n) is 2.27. The molecule has 0 aliphatic heterocycles. The molecular weight excluding hydrogens is 234 g/mol. The van der Waals surface area contributed by atoms with Gasteiger partial charge in [0.1, 0.15) is 11.4 Å². The number of ether oxygens (including phenoxy) is 1. The maximum absolute atomic E-state index is 11.6. The average Bonchev–Trinajstić information content (AvgIpc) is 2.14. The first-order chi connectivity index (χ1) is 8.03. The molecule has 5 heteroatoms. The Morgan fingerprint density at radius 1 is 1.28 bits per heavy atom. The summed E-state index contributed by atoms with van der Waals surface area (Å²) in [5.41, 5.74) is -0.565. The van der Waals surface area contributed by atoms with Crippen LogP contribution in [-0.4, -0.2) is 47.2 Å². The molecule has 0 aliphatic carbocycles. The first kappa shape index (κ1) is 16.9. The van der Waals surface area contributed by atoms with E-state index in [4.69, 9.17) is 4.74 Å². The van der Waals surface area contributed by atoms with Crippen LogP contribution in [0.15, 0.2) is 0 Å². The molecule has 0 spiro atoms. The van der Waals surface area contributed by atoms with Crippen molar-refractivity contribution >= 4 is 11.9 Å². The van der Waals surface area contributed by atoms with Crippen molar-refractivity contribution in [1.82, 2.24) is 4.90 Å². The monoisotopic (exact) mass is 259 g/mol. The van der Waals surface area contributed by atoms with Gasteiger partial charge < -0.3 is 14.7 Å². The highest BCUT2D eigenvalue weighted by Crippen LogP contribution is 2.10. The minimum atomic E-state index is -0.850. The van der Waals surface area contributed by atoms with Gasteiger partial charge in [-0.15, -0.1) is 0 Å². The van der Waals surface area contributed by atoms with Gasteiger partial charge in [0.25, 0.3) is 0 Å². The van der Waals surface area contributed by atoms with Crippen LogP contribution in [0.1, 0.15) is 41.0 Å². The zero-order valence-corrected chi connectivity index (χ0v) is 12.2. The zero-order chi connectivity index (χ0) is 14.5. The number of likely N-dealkylation sites (N-methyl/N-ethyl adjacent to an activating group) is 1. The first-order valence-electron chi connectivity index (χ1n) is 6.18. The van der Waals surface area contributed by atoms with Gasteiger partial charge in [-0.1, -0.05) is 13.8 Å². The quantitative estimate of drug-likeness (QED) is 0.818. The second kappa shape index (κ2) is 6.73. The number of Topliss-reactive ketones (excluding diaryl/α,β-unsaturated/α-hetero) is 1. The van der Waals surface area contributed by atoms with Crippen LogP contribution < -0.4 is 0 Å². The van der Waals surface area contributed by atoms with Crippen LogP contribution >= 0.6 is 0 Å². The van der Waals surface area contributed by atoms with E-state index in [0.717, 1.165) is 0 Å². The maximum Gasteiger partial charge on any atom is 0.410 e. The number of hydrogen-bond acceptors (Lipinski definition) is 4. The zero-order valence-electron chi connectivity index (χ0n) is 12.2. The van der Waals surface area contributed by atoms with Crippen molar-refractivity contribution in [3.8, 4) is 0 Å². The number of rotatable bonds is 5. The van der Waals surface area contributed by atoms with E-state index in [1.165, 1.54) is 11.9 Å². The second-order valence-electron chi connectivity index (χ2n) is 5.84. The Kier molecular flexibility index (Phi) is 6.32. The predicted octanol–water partition coefficient (Wildman–Crippen LogP) is 1.83. The Bertz CT molecular complexity index is 294. The number of amides is 1. The third kappa shape index (κ3) is 7.27. The average molecular weight is 259 g/mol. The summed E-state index contributed by atoms with van der Waals surface area (Å²) in [6.45, 7) is 8.99. The Hall–Kier alpha value is -1.10. The Morgan fingerprint density at radius 2 is 1.78 bits per heavy atom. The molecular formula is C13H25NO4. The molecule has 1 unspecified atom stereocenters. The lowest BCUT2D eigenvalue weighted by Crippen LogP contribution is -2.39. The lowest BCUT2D eigenvalue weighted by Gasteiger charge is -2.26. The van der Waals surface area contributed by atoms with Gasteiger partial charge in [0.05, 0.1) is 12.6 Å². The lowest BCUT2D eigenvalue weighted by molar-refractivity contribution is -0.124. The molecule has 0 aromatic heterocycles. The molecule has 1 N–H and O–H groups in total. The summed E-state index contributed by atoms with van der Waals surface area (Å²) in [5.74, 6) is -0.119. The molecule has 106 valence electrons. The molecule has 0 bridgehead atoms. The Balaban J connectivity index is 4.19. The van der Waals surface area contributed by atoms with Crippen LogP contribution in [0, 0.1) is 5.92 Å². The molecule has 0 saturated heterocycles. The second-order valence-corrected chi connectivity index (χ2v) is 5.84. The van der Waals surface area contributed by atoms with Crippen LogP contribution in [-0.2, 0) is 9.53 Å². The molecule has 0 aromatic carbocycles. The summed E-state index contributed by atoms with van der Waals surface area (Å²) >= 11 is 0. The molecule has 0 saturated carbocycles. The number of aliphatic hydroxyl groups is 1. The van der Waals surface area contributed by atoms with Gasteiger partial charge >= 0.3 is 6.09 Å². The largest absolute Gasteiger partial charge is 0.444 e. The fourth-order valence-electron chi connectivity index (χ4n) is 1.26. The minimum Gasteiger partial charge on any atom is -0.444 e. The van der Waals surface area contributed by atoms with Crippen molar-refractivity contribution in [1.29, 1.82) is 0 Å². The number of aliphatic hydroxyl groups excluding tert-OH is 1. The van der Waals surface area contributed by atoms with E-state index >= 15 is 0 Å². The number of hydrogen-bond donors (Lipinski definition) is 1. The molecule has 18 heavy (non-hydrogen) atoms. The SMILES string of the molecule is CC(C)C(=O)CC(O)CN(C)C(=O)OC(C)(C)C. The maximum atomic E-state index is 11.6. The van der Waals surface area contributed by atoms with E-state index in [-0.39, 0.29) is 24.7 Å². The lowest BCUT2D eigenvalue weighted by atomic mass is 10.0. The summed E-state index contributed by atoms with van der Waals surface area (Å²) in [6.07, 6.45) is -1.29. The topological polar surface area (TPSA) is 66.8 Å². The number of ketones is 1. The summed E-state index contributed by atoms with van der Waals surface area (Å²) < 4.78 is 5.14. The number of carbonyl (C=O) groups excluding carboxylic acids is 2. The van der Waals surface area contributed by atoms with E-state index in [1.807, 2.05) is 0 Å². The van der Waals surface area contributed by atoms with Crippen molar-refractivity contribution in [3.05, 3.63) is 0 Å². The molecule has 0 aliphatic rings. The highest BCUT2D eigenvalue weighted by atomic mass is 16.6. The van der Waals surface area contributed by atoms with Crippen LogP contribution in [0.3, 0.4) is 0 Å². The number of carbonyl (C=O) groups is 2. The molecule has 1 amide bonds. The standard InChI is InChI=1S/C13H25NO4/c1-9(2)11(16)7-10(15)8-14(6)12(17)18-13(3,4)5/h9-10,15H,7-8H2,1-6H3. The highest BCUT2D eigenvalue weighted by molar-refractivity contribution is 5.80. The van der Waals surface area contributed by atoms with E-state index in [2.05, 4.69) is 0 Å². The van der Waals surface area contributed by atoms with Crippen LogP contribution in [0.5, 0.6) is 0 Å². The van der Waals surface area contributed by atoms with E-state index in [1.54, 1.807) is 34.6 Å². The van der Waals surface area contributed by atoms with Crippen molar-refractivity contribution < 1.29 is 19.4 Å². The highest BCUT2D eigenvalue weighted by Gasteiger charge is 2.22. The summed E-state index contributed by atoms with van der Waals surface area (Å²) in [7, 11) is 1.54. The van der Waals surface area contributed by atoms with Crippen molar-refractivity contribution in [3.63, 3.8) is 0 Å². The van der Waals surface area contributed by atoms with Crippen molar-refractivity contribution in [2.75, 3.05) is 13.6 Å². The molecule has 0 heterocycles. The van der Waals surface area contributed by atoms with Gasteiger partial charge in [-0.05, 0) is 20.8 Å². The van der Waals surface area contributed by atoms with Gasteiger partial charge in [0.15, 0.2) is 0 Å². The van der Waals surface area contributed by atoms with E-state index < -0.39 is 17.8 Å². The molecule has 0 rings (SSSR count). The van der Waals surface area contributed by atoms with Gasteiger partial charge in [0.2, 0.25) is 0 Å². The minimum absolute atomic E-state index is 0.0138. The van der Waals surface area contributed by atoms with Crippen LogP contribution in [0.25, 0.3) is 0 Å². The molecule has 0 radical (unpaired) electrons. The van der Waals surface area contributed by atoms with Gasteiger partial charge in [-0.2, -0.15) is 0 Å². The summed E-state index contributed by atoms with van der Waals surface area (Å²) in [5, 5.41) is 9.72. The first-order valence-corrected chi connectivity index (χ1v) is 6.18. The predicted molar refractivity (Wildman–Crippen MR) is 69.3 cm³/mol. The summed E-state index contributed by atoms with van der Waals surface area (Å²) in [4.78, 5) is 24.3. The van der Waals surface area contributed by atoms with E-state index in [9.17, 15) is 14.7 Å². The smallest absolute Gasteiger partial charge is 0.410 e. The normalized spacial score (nSPS) is 13.3. The molecule has 5 nitrogen and oxygen atoms in total. The Morgan fingerprint density at radius 3 is 2.17 bits per heavy atom. The van der Waals surface area contributed by atoms with Gasteiger partial charge in [-0.3, -0.25) is 4.79 Å². The van der Waals surface area contributed by atoms with Crippen molar-refractivity contribution in [2.45, 2.75) is 52.7 Å². The molecule has 1 atom stereocenters. The molecule has 0 fully saturated rings. The van der Waals surface area contributed by atoms with E-state index in [0.29, 0.717) is 0 Å². The Labute approximate surface area is 109 Å². The molecule has 0 aromatic rings. The third-order valence-corrected chi connectivity index (χ3v) is 2.27. The van der Waals surface area contributed by atoms with Crippen molar-refractivity contribution in [2.24, 2.45) is 5.92 Å². The summed E-state index contributed by atoms with van der Waals surface area (Å²) in [6, 6.07) is 0. The van der Waals surface area contributed by atoms with Crippen LogP contribution in [0.4, 0.5) is 4.79 Å². The van der Waals surface area contributed by atoms with Crippen LogP contribution in [0.2, 0.25) is 0 Å². The van der Waals surface area contributed by atoms with Gasteiger partial charge in [0, 0.05) is 19.4 Å².